The minimum Gasteiger partial charge on any atom is -0.504 e. The molecule has 0 spiro atoms. The smallest absolute Gasteiger partial charge is 0.416 e. The number of aromatic hydroxyl groups is 1. The number of thioether (sulfide) groups is 1. The number of fused-ring (bicyclic) bond motifs is 10. The van der Waals surface area contributed by atoms with Crippen molar-refractivity contribution in [3.05, 3.63) is 80.9 Å². The Morgan fingerprint density at radius 2 is 1.77 bits per heavy atom. The Balaban J connectivity index is 1.24. The summed E-state index contributed by atoms with van der Waals surface area (Å²) in [6.45, 7) is 4.44. The van der Waals surface area contributed by atoms with E-state index in [2.05, 4.69) is 5.32 Å². The lowest BCUT2D eigenvalue weighted by Gasteiger charge is -2.62. The molecule has 302 valence electrons. The summed E-state index contributed by atoms with van der Waals surface area (Å²) in [6.07, 6.45) is -2.78. The molecule has 13 nitrogen and oxygen atoms in total. The summed E-state index contributed by atoms with van der Waals surface area (Å²) in [7, 11) is 3.36. The third-order valence-electron chi connectivity index (χ3n) is 11.5. The van der Waals surface area contributed by atoms with Gasteiger partial charge in [-0.2, -0.15) is 13.2 Å². The average molecular weight is 812 g/mol. The number of aliphatic hydroxyl groups excluding tert-OH is 1. The minimum absolute atomic E-state index is 0.0317. The van der Waals surface area contributed by atoms with Crippen LogP contribution in [-0.2, 0) is 31.7 Å². The Morgan fingerprint density at radius 1 is 1.05 bits per heavy atom. The fraction of sp³-hybridized carbons (Fsp3) is 0.425. The van der Waals surface area contributed by atoms with Crippen molar-refractivity contribution in [2.24, 2.45) is 0 Å². The number of rotatable bonds is 5. The monoisotopic (exact) mass is 811 g/mol. The van der Waals surface area contributed by atoms with E-state index >= 15 is 0 Å². The number of carbonyl (C=O) groups excluding carboxylic acids is 3. The van der Waals surface area contributed by atoms with E-state index in [1.165, 1.54) is 44.0 Å². The Bertz CT molecular complexity index is 2200. The second-order valence-electron chi connectivity index (χ2n) is 14.7. The van der Waals surface area contributed by atoms with Gasteiger partial charge in [-0.3, -0.25) is 19.4 Å². The van der Waals surface area contributed by atoms with Crippen LogP contribution in [0.4, 0.5) is 13.2 Å². The van der Waals surface area contributed by atoms with Crippen molar-refractivity contribution in [2.45, 2.75) is 75.1 Å². The summed E-state index contributed by atoms with van der Waals surface area (Å²) in [6, 6.07) is 2.47. The van der Waals surface area contributed by atoms with Gasteiger partial charge in [0.05, 0.1) is 36.0 Å². The van der Waals surface area contributed by atoms with E-state index in [1.54, 1.807) is 6.92 Å². The number of amides is 1. The summed E-state index contributed by atoms with van der Waals surface area (Å²) in [5.41, 5.74) is 3.30. The molecule has 57 heavy (non-hydrogen) atoms. The normalized spacial score (nSPS) is 26.6. The molecule has 3 aromatic rings. The van der Waals surface area contributed by atoms with Crippen LogP contribution in [-0.4, -0.2) is 95.5 Å². The van der Waals surface area contributed by atoms with Crippen LogP contribution in [0.3, 0.4) is 0 Å². The van der Waals surface area contributed by atoms with Crippen LogP contribution in [0.2, 0.25) is 0 Å². The fourth-order valence-corrected chi connectivity index (χ4v) is 10.6. The number of phenolic OH excluding ortho intramolecular Hbond substituents is 1. The summed E-state index contributed by atoms with van der Waals surface area (Å²) in [5.74, 6) is -0.839. The number of nitrogens with zero attached hydrogens (tertiary/aromatic N) is 2. The van der Waals surface area contributed by atoms with E-state index in [1.807, 2.05) is 29.8 Å². The number of esters is 2. The van der Waals surface area contributed by atoms with Gasteiger partial charge in [-0.1, -0.05) is 18.2 Å². The highest BCUT2D eigenvalue weighted by molar-refractivity contribution is 7.99. The number of piperazine rings is 1. The lowest BCUT2D eigenvalue weighted by Crippen LogP contribution is -2.69. The molecule has 2 saturated heterocycles. The third kappa shape index (κ3) is 6.44. The van der Waals surface area contributed by atoms with Gasteiger partial charge in [0, 0.05) is 47.0 Å². The first-order valence-electron chi connectivity index (χ1n) is 18.3. The number of ether oxygens (including phenoxy) is 5. The molecule has 4 bridgehead atoms. The predicted octanol–water partition coefficient (Wildman–Crippen LogP) is 4.87. The van der Waals surface area contributed by atoms with Gasteiger partial charge in [-0.05, 0) is 62.2 Å². The molecular weight excluding hydrogens is 772 g/mol. The van der Waals surface area contributed by atoms with Crippen molar-refractivity contribution >= 4 is 35.7 Å². The van der Waals surface area contributed by atoms with Crippen LogP contribution in [0.1, 0.15) is 68.8 Å². The van der Waals surface area contributed by atoms with Gasteiger partial charge in [0.25, 0.3) is 0 Å². The topological polar surface area (TPSA) is 156 Å². The second kappa shape index (κ2) is 14.4. The molecule has 6 heterocycles. The first-order chi connectivity index (χ1) is 27.1. The van der Waals surface area contributed by atoms with Crippen LogP contribution >= 0.6 is 11.8 Å². The Morgan fingerprint density at radius 3 is 2.46 bits per heavy atom. The van der Waals surface area contributed by atoms with Gasteiger partial charge in [0.1, 0.15) is 24.6 Å². The maximum absolute atomic E-state index is 13.8. The van der Waals surface area contributed by atoms with E-state index in [-0.39, 0.29) is 30.7 Å². The number of phenols is 1. The molecule has 3 aromatic carbocycles. The molecule has 1 unspecified atom stereocenters. The van der Waals surface area contributed by atoms with E-state index in [4.69, 9.17) is 23.7 Å². The summed E-state index contributed by atoms with van der Waals surface area (Å²) < 4.78 is 68.8. The Labute approximate surface area is 329 Å². The molecule has 1 amide bonds. The molecule has 7 atom stereocenters. The van der Waals surface area contributed by atoms with Gasteiger partial charge >= 0.3 is 18.1 Å². The number of alkyl halides is 3. The number of nitrogens with one attached hydrogen (secondary N) is 1. The van der Waals surface area contributed by atoms with E-state index < -0.39 is 71.3 Å². The highest BCUT2D eigenvalue weighted by atomic mass is 32.2. The van der Waals surface area contributed by atoms with Crippen molar-refractivity contribution in [3.63, 3.8) is 0 Å². The average Bonchev–Trinajstić information content (AvgIpc) is 3.65. The standard InChI is InChI=1S/C40H40F3N3O10S/c1-17-12-21-13-24-38(50)46-25-14-53-39(51)23(44-26(48)11-8-20-6-9-22(10-7-20)40(41,42)43)15-57-37(31(46)30(45(24)4)27(21)32(49)33(17)52-5)29-28(25)36-35(54-16-55-36)18(2)34(29)56-19(3)47/h6-12,23-25,30-31,37-38,49-50H,13-16H2,1-5H3,(H,44,48)/b11-8+/t23-,24-,25-,30+,31?,37+,38-/m0/s1. The molecule has 6 aliphatic rings. The molecule has 0 saturated carbocycles. The highest BCUT2D eigenvalue weighted by Crippen LogP contribution is 2.64. The highest BCUT2D eigenvalue weighted by Gasteiger charge is 2.60. The number of likely N-dealkylation sites (N-methyl/N-ethyl adjacent to an activating group) is 1. The van der Waals surface area contributed by atoms with E-state index in [0.717, 1.165) is 29.3 Å². The number of aryl methyl sites for hydroxylation is 1. The zero-order valence-electron chi connectivity index (χ0n) is 31.5. The number of benzene rings is 3. The maximum Gasteiger partial charge on any atom is 0.416 e. The van der Waals surface area contributed by atoms with Crippen molar-refractivity contribution in [1.82, 2.24) is 15.1 Å². The van der Waals surface area contributed by atoms with Crippen molar-refractivity contribution in [1.29, 1.82) is 0 Å². The molecule has 3 N–H and O–H groups in total. The number of hydrogen-bond donors (Lipinski definition) is 3. The van der Waals surface area contributed by atoms with E-state index in [9.17, 15) is 37.8 Å². The zero-order chi connectivity index (χ0) is 40.7. The first-order valence-corrected chi connectivity index (χ1v) is 19.3. The molecular formula is C40H40F3N3O10S. The fourth-order valence-electron chi connectivity index (χ4n) is 9.05. The SMILES string of the molecule is COc1c(C)cc2c(c1O)[C@@H]1C3[C@@H]4SC[C@H](NC(=O)/C=C/c5ccc(C(F)(F)F)cc5)C(=O)OC[C@@H](c5c6c(c(C)c(OC(C)=O)c54)OCO6)N3[C@@H](O)[C@H](C2)N1C. The number of halogens is 3. The summed E-state index contributed by atoms with van der Waals surface area (Å²) >= 11 is 1.27. The van der Waals surface area contributed by atoms with Crippen molar-refractivity contribution in [3.8, 4) is 28.7 Å². The first kappa shape index (κ1) is 38.9. The van der Waals surface area contributed by atoms with Crippen LogP contribution in [0.5, 0.6) is 28.7 Å². The lowest BCUT2D eigenvalue weighted by atomic mass is 9.73. The summed E-state index contributed by atoms with van der Waals surface area (Å²) in [5, 5.41) is 26.3. The lowest BCUT2D eigenvalue weighted by molar-refractivity contribution is -0.184. The van der Waals surface area contributed by atoms with E-state index in [0.29, 0.717) is 51.5 Å². The molecule has 0 aromatic heterocycles. The summed E-state index contributed by atoms with van der Waals surface area (Å²) in [4.78, 5) is 43.8. The predicted molar refractivity (Wildman–Crippen MR) is 199 cm³/mol. The molecule has 9 rings (SSSR count). The third-order valence-corrected chi connectivity index (χ3v) is 12.9. The quantitative estimate of drug-likeness (QED) is 0.182. The van der Waals surface area contributed by atoms with Gasteiger partial charge in [0.15, 0.2) is 23.0 Å². The minimum atomic E-state index is -4.51. The van der Waals surface area contributed by atoms with Crippen LogP contribution in [0, 0.1) is 13.8 Å². The van der Waals surface area contributed by atoms with Crippen LogP contribution < -0.4 is 24.3 Å². The molecule has 0 radical (unpaired) electrons. The van der Waals surface area contributed by atoms with Crippen molar-refractivity contribution in [2.75, 3.05) is 33.3 Å². The number of carbonyl (C=O) groups is 3. The number of methoxy groups -OCH3 is 1. The van der Waals surface area contributed by atoms with Crippen LogP contribution in [0.25, 0.3) is 6.08 Å². The van der Waals surface area contributed by atoms with Crippen molar-refractivity contribution < 1.29 is 61.5 Å². The second-order valence-corrected chi connectivity index (χ2v) is 15.9. The van der Waals surface area contributed by atoms with Crippen LogP contribution in [0.15, 0.2) is 36.4 Å². The molecule has 17 heteroatoms. The number of aliphatic hydroxyl groups is 1. The Hall–Kier alpha value is -4.97. The molecule has 0 aliphatic carbocycles. The molecule has 6 aliphatic heterocycles. The van der Waals surface area contributed by atoms with Gasteiger partial charge in [0.2, 0.25) is 12.7 Å². The van der Waals surface area contributed by atoms with Gasteiger partial charge in [-0.15, -0.1) is 11.8 Å². The maximum atomic E-state index is 13.8. The zero-order valence-corrected chi connectivity index (χ0v) is 32.3. The number of hydrogen-bond acceptors (Lipinski definition) is 13. The Kier molecular flexibility index (Phi) is 9.85. The largest absolute Gasteiger partial charge is 0.504 e. The van der Waals surface area contributed by atoms with Gasteiger partial charge < -0.3 is 39.2 Å². The molecule has 2 fully saturated rings. The van der Waals surface area contributed by atoms with Gasteiger partial charge in [-0.25, -0.2) is 4.79 Å².